The van der Waals surface area contributed by atoms with E-state index in [0.29, 0.717) is 13.0 Å². The van der Waals surface area contributed by atoms with Crippen molar-refractivity contribution in [3.05, 3.63) is 72.2 Å². The minimum Gasteiger partial charge on any atom is -0.478 e. The molecule has 1 heterocycles. The van der Waals surface area contributed by atoms with E-state index in [4.69, 9.17) is 10.00 Å². The molecular weight excluding hydrogens is 399 g/mol. The van der Waals surface area contributed by atoms with Crippen LogP contribution in [0.25, 0.3) is 17.0 Å². The van der Waals surface area contributed by atoms with Gasteiger partial charge in [-0.15, -0.1) is 0 Å². The summed E-state index contributed by atoms with van der Waals surface area (Å²) in [4.78, 5) is 24.2. The van der Waals surface area contributed by atoms with Gasteiger partial charge in [0.25, 0.3) is 11.8 Å². The van der Waals surface area contributed by atoms with Gasteiger partial charge in [0.1, 0.15) is 0 Å². The van der Waals surface area contributed by atoms with E-state index in [-0.39, 0.29) is 5.75 Å². The number of nitrogens with one attached hydrogen (secondary N) is 2. The number of amides is 2. The quantitative estimate of drug-likeness (QED) is 0.453. The number of benzene rings is 2. The summed E-state index contributed by atoms with van der Waals surface area (Å²) in [6.45, 7) is 1.99. The molecule has 0 saturated carbocycles. The maximum Gasteiger partial charge on any atom is 0.279 e. The third kappa shape index (κ3) is 5.48. The van der Waals surface area contributed by atoms with Crippen LogP contribution in [0, 0.1) is 17.1 Å². The summed E-state index contributed by atoms with van der Waals surface area (Å²) in [6, 6.07) is 15.5. The fraction of sp³-hybridized carbons (Fsp3) is 0.174. The smallest absolute Gasteiger partial charge is 0.279 e. The Balaban J connectivity index is 1.59. The molecule has 0 fully saturated rings. The zero-order valence-corrected chi connectivity index (χ0v) is 16.8. The van der Waals surface area contributed by atoms with Crippen molar-refractivity contribution in [1.29, 1.82) is 5.26 Å². The molecule has 2 aromatic carbocycles. The lowest BCUT2D eigenvalue weighted by Crippen LogP contribution is -2.46. The van der Waals surface area contributed by atoms with E-state index in [1.54, 1.807) is 12.1 Å². The van der Waals surface area contributed by atoms with E-state index in [2.05, 4.69) is 16.9 Å². The summed E-state index contributed by atoms with van der Waals surface area (Å²) in [6.07, 6.45) is 4.15. The number of carbonyl (C=O) groups is 2. The van der Waals surface area contributed by atoms with Crippen molar-refractivity contribution in [2.75, 3.05) is 0 Å². The molecule has 0 radical (unpaired) electrons. The minimum absolute atomic E-state index is 0.0517. The first kappa shape index (κ1) is 21.6. The van der Waals surface area contributed by atoms with E-state index >= 15 is 0 Å². The topological polar surface area (TPSA) is 96.2 Å². The fourth-order valence-corrected chi connectivity index (χ4v) is 2.98. The van der Waals surface area contributed by atoms with Gasteiger partial charge in [-0.3, -0.25) is 20.4 Å². The van der Waals surface area contributed by atoms with Crippen molar-refractivity contribution < 1.29 is 18.7 Å². The third-order valence-electron chi connectivity index (χ3n) is 4.52. The van der Waals surface area contributed by atoms with Crippen LogP contribution in [0.4, 0.5) is 4.39 Å². The van der Waals surface area contributed by atoms with E-state index in [0.717, 1.165) is 16.5 Å². The van der Waals surface area contributed by atoms with E-state index in [1.165, 1.54) is 31.2 Å². The Bertz CT molecular complexity index is 1160. The van der Waals surface area contributed by atoms with E-state index in [9.17, 15) is 14.0 Å². The number of aryl methyl sites for hydroxylation is 1. The van der Waals surface area contributed by atoms with Gasteiger partial charge in [0.15, 0.2) is 17.7 Å². The van der Waals surface area contributed by atoms with Crippen LogP contribution >= 0.6 is 0 Å². The largest absolute Gasteiger partial charge is 0.478 e. The second-order valence-electron chi connectivity index (χ2n) is 6.71. The van der Waals surface area contributed by atoms with Gasteiger partial charge in [-0.25, -0.2) is 4.39 Å². The number of hydrogen-bond donors (Lipinski definition) is 2. The Morgan fingerprint density at radius 1 is 1.19 bits per heavy atom. The normalized spacial score (nSPS) is 11.8. The molecular formula is C23H21FN4O3. The predicted octanol–water partition coefficient (Wildman–Crippen LogP) is 3.32. The summed E-state index contributed by atoms with van der Waals surface area (Å²) >= 11 is 0. The molecule has 3 rings (SSSR count). The number of halogens is 1. The highest BCUT2D eigenvalue weighted by Crippen LogP contribution is 2.22. The second-order valence-corrected chi connectivity index (χ2v) is 6.71. The Labute approximate surface area is 178 Å². The first-order valence-electron chi connectivity index (χ1n) is 9.63. The number of hydrogen-bond acceptors (Lipinski definition) is 4. The molecule has 0 saturated heterocycles. The number of para-hydroxylation sites is 2. The van der Waals surface area contributed by atoms with Gasteiger partial charge in [0.2, 0.25) is 0 Å². The Hall–Kier alpha value is -4.12. The van der Waals surface area contributed by atoms with Gasteiger partial charge in [0.05, 0.1) is 12.5 Å². The number of rotatable bonds is 7. The lowest BCUT2D eigenvalue weighted by Gasteiger charge is -2.15. The van der Waals surface area contributed by atoms with Gasteiger partial charge < -0.3 is 9.30 Å². The molecule has 158 valence electrons. The highest BCUT2D eigenvalue weighted by atomic mass is 19.1. The minimum atomic E-state index is -1.01. The highest BCUT2D eigenvalue weighted by Gasteiger charge is 2.16. The van der Waals surface area contributed by atoms with Crippen LogP contribution < -0.4 is 15.6 Å². The molecule has 0 spiro atoms. The molecule has 0 aliphatic carbocycles. The van der Waals surface area contributed by atoms with Crippen molar-refractivity contribution in [2.24, 2.45) is 0 Å². The van der Waals surface area contributed by atoms with Crippen LogP contribution in [0.15, 0.2) is 60.8 Å². The first-order chi connectivity index (χ1) is 15.0. The summed E-state index contributed by atoms with van der Waals surface area (Å²) in [7, 11) is 0. The van der Waals surface area contributed by atoms with Crippen LogP contribution in [0.1, 0.15) is 18.9 Å². The zero-order chi connectivity index (χ0) is 22.2. The summed E-state index contributed by atoms with van der Waals surface area (Å²) < 4.78 is 20.8. The van der Waals surface area contributed by atoms with Crippen molar-refractivity contribution in [3.8, 4) is 11.8 Å². The molecule has 1 aromatic heterocycles. The van der Waals surface area contributed by atoms with Crippen LogP contribution in [0.5, 0.6) is 5.75 Å². The summed E-state index contributed by atoms with van der Waals surface area (Å²) in [5.41, 5.74) is 6.30. The Morgan fingerprint density at radius 3 is 2.71 bits per heavy atom. The molecule has 0 aliphatic rings. The van der Waals surface area contributed by atoms with E-state index < -0.39 is 23.7 Å². The molecule has 8 heteroatoms. The highest BCUT2D eigenvalue weighted by molar-refractivity contribution is 5.97. The molecule has 0 unspecified atom stereocenters. The molecule has 0 bridgehead atoms. The van der Waals surface area contributed by atoms with Crippen LogP contribution in [-0.2, 0) is 16.1 Å². The number of carbonyl (C=O) groups excluding carboxylic acids is 2. The molecule has 2 amide bonds. The van der Waals surface area contributed by atoms with Crippen LogP contribution in [-0.4, -0.2) is 22.5 Å². The van der Waals surface area contributed by atoms with E-state index in [1.807, 2.05) is 35.0 Å². The molecule has 31 heavy (non-hydrogen) atoms. The lowest BCUT2D eigenvalue weighted by atomic mass is 10.1. The van der Waals surface area contributed by atoms with Gasteiger partial charge in [-0.2, -0.15) is 5.26 Å². The SMILES string of the molecule is C[C@H](Oc1ccccc1F)C(=O)NNC(=O)/C=C/c1cn(CCC#N)c2ccccc12. The number of nitriles is 1. The fourth-order valence-electron chi connectivity index (χ4n) is 2.98. The molecule has 7 nitrogen and oxygen atoms in total. The van der Waals surface area contributed by atoms with Crippen molar-refractivity contribution >= 4 is 28.8 Å². The van der Waals surface area contributed by atoms with Gasteiger partial charge in [-0.1, -0.05) is 30.3 Å². The standard InChI is InChI=1S/C23H21FN4O3/c1-16(31-21-10-5-3-8-19(21)24)23(30)27-26-22(29)12-11-17-15-28(14-6-13-25)20-9-4-2-7-18(17)20/h2-5,7-12,15-16H,6,14H2,1H3,(H,26,29)(H,27,30)/b12-11+/t16-/m0/s1. The number of nitrogens with zero attached hydrogens (tertiary/aromatic N) is 2. The average molecular weight is 420 g/mol. The van der Waals surface area contributed by atoms with Crippen LogP contribution in [0.3, 0.4) is 0 Å². The van der Waals surface area contributed by atoms with Gasteiger partial charge in [-0.05, 0) is 31.2 Å². The maximum absolute atomic E-state index is 13.6. The molecule has 0 aliphatic heterocycles. The number of aromatic nitrogens is 1. The Kier molecular flexibility index (Phi) is 7.01. The van der Waals surface area contributed by atoms with Gasteiger partial charge in [0, 0.05) is 35.3 Å². The second kappa shape index (κ2) is 10.1. The summed E-state index contributed by atoms with van der Waals surface area (Å²) in [5.74, 6) is -1.80. The average Bonchev–Trinajstić information content (AvgIpc) is 3.13. The Morgan fingerprint density at radius 2 is 1.94 bits per heavy atom. The van der Waals surface area contributed by atoms with Crippen molar-refractivity contribution in [2.45, 2.75) is 26.0 Å². The number of fused-ring (bicyclic) bond motifs is 1. The van der Waals surface area contributed by atoms with Crippen LogP contribution in [0.2, 0.25) is 0 Å². The van der Waals surface area contributed by atoms with Crippen molar-refractivity contribution in [3.63, 3.8) is 0 Å². The monoisotopic (exact) mass is 420 g/mol. The van der Waals surface area contributed by atoms with Crippen molar-refractivity contribution in [1.82, 2.24) is 15.4 Å². The molecule has 3 aromatic rings. The predicted molar refractivity (Wildman–Crippen MR) is 114 cm³/mol. The lowest BCUT2D eigenvalue weighted by molar-refractivity contribution is -0.131. The molecule has 1 atom stereocenters. The third-order valence-corrected chi connectivity index (χ3v) is 4.52. The zero-order valence-electron chi connectivity index (χ0n) is 16.8. The first-order valence-corrected chi connectivity index (χ1v) is 9.63. The number of hydrazine groups is 1. The molecule has 2 N–H and O–H groups in total. The van der Waals surface area contributed by atoms with Gasteiger partial charge >= 0.3 is 0 Å². The number of ether oxygens (including phenoxy) is 1. The maximum atomic E-state index is 13.6. The summed E-state index contributed by atoms with van der Waals surface area (Å²) in [5, 5.41) is 9.77.